The highest BCUT2D eigenvalue weighted by atomic mass is 16.5. The van der Waals surface area contributed by atoms with E-state index in [2.05, 4.69) is 5.29 Å². The van der Waals surface area contributed by atoms with Crippen molar-refractivity contribution in [3.05, 3.63) is 4.91 Å². The number of esters is 1. The molecule has 2 rings (SSSR count). The summed E-state index contributed by atoms with van der Waals surface area (Å²) >= 11 is 0. The van der Waals surface area contributed by atoms with E-state index in [0.29, 0.717) is 19.3 Å². The SMILES string of the molecule is CCC[C@@H](C(=O)OCC)N(N=O)[C@@H](C)C(=O)N1[C@@H](C(=O)O)C[C@@H]2CCCC[C@@H]21. The molecule has 1 heterocycles. The van der Waals surface area contributed by atoms with Crippen molar-refractivity contribution < 1.29 is 24.2 Å². The maximum atomic E-state index is 13.3. The molecule has 0 spiro atoms. The minimum Gasteiger partial charge on any atom is -0.480 e. The average molecular weight is 397 g/mol. The quantitative estimate of drug-likeness (QED) is 0.360. The zero-order chi connectivity index (χ0) is 20.8. The summed E-state index contributed by atoms with van der Waals surface area (Å²) in [5, 5.41) is 13.5. The van der Waals surface area contributed by atoms with Gasteiger partial charge in [0.25, 0.3) is 0 Å². The fraction of sp³-hybridized carbons (Fsp3) is 0.842. The van der Waals surface area contributed by atoms with E-state index >= 15 is 0 Å². The molecule has 1 aliphatic carbocycles. The molecule has 1 saturated carbocycles. The Labute approximate surface area is 165 Å². The maximum Gasteiger partial charge on any atom is 0.330 e. The standard InChI is InChI=1S/C19H31N3O6/c1-4-8-15(19(26)28-5-2)22(20-27)12(3)17(23)21-14-10-7-6-9-13(14)11-16(21)18(24)25/h12-16H,4-11H2,1-3H3,(H,24,25)/t12-,13-,14-,15-,16+/m0/s1. The number of carboxylic acid groups (broad SMARTS) is 1. The Balaban J connectivity index is 2.26. The number of carbonyl (C=O) groups excluding carboxylic acids is 2. The Kier molecular flexibility index (Phi) is 7.77. The summed E-state index contributed by atoms with van der Waals surface area (Å²) in [5.74, 6) is -1.93. The van der Waals surface area contributed by atoms with Gasteiger partial charge in [0, 0.05) is 6.04 Å². The van der Waals surface area contributed by atoms with Crippen LogP contribution < -0.4 is 0 Å². The topological polar surface area (TPSA) is 117 Å². The summed E-state index contributed by atoms with van der Waals surface area (Å²) < 4.78 is 5.04. The van der Waals surface area contributed by atoms with Gasteiger partial charge in [0.1, 0.15) is 18.1 Å². The minimum atomic E-state index is -1.04. The first kappa shape index (κ1) is 22.1. The molecule has 1 amide bonds. The van der Waals surface area contributed by atoms with Crippen molar-refractivity contribution in [1.29, 1.82) is 0 Å². The fourth-order valence-electron chi connectivity index (χ4n) is 4.59. The molecule has 1 aliphatic heterocycles. The van der Waals surface area contributed by atoms with Crippen molar-refractivity contribution >= 4 is 17.8 Å². The molecule has 1 N–H and O–H groups in total. The van der Waals surface area contributed by atoms with Gasteiger partial charge >= 0.3 is 11.9 Å². The Morgan fingerprint density at radius 3 is 2.50 bits per heavy atom. The van der Waals surface area contributed by atoms with Crippen LogP contribution in [0.1, 0.15) is 65.7 Å². The van der Waals surface area contributed by atoms with Gasteiger partial charge in [0.2, 0.25) is 5.91 Å². The number of likely N-dealkylation sites (tertiary alicyclic amines) is 1. The van der Waals surface area contributed by atoms with Crippen molar-refractivity contribution in [2.75, 3.05) is 6.61 Å². The molecule has 158 valence electrons. The highest BCUT2D eigenvalue weighted by Gasteiger charge is 2.49. The second kappa shape index (κ2) is 9.84. The van der Waals surface area contributed by atoms with Crippen LogP contribution in [0.2, 0.25) is 0 Å². The van der Waals surface area contributed by atoms with Crippen molar-refractivity contribution in [2.45, 2.75) is 89.9 Å². The van der Waals surface area contributed by atoms with Crippen molar-refractivity contribution in [2.24, 2.45) is 11.2 Å². The smallest absolute Gasteiger partial charge is 0.330 e. The Hall–Kier alpha value is -2.19. The van der Waals surface area contributed by atoms with Crippen LogP contribution in [0.4, 0.5) is 0 Å². The molecule has 28 heavy (non-hydrogen) atoms. The molecule has 9 heteroatoms. The number of fused-ring (bicyclic) bond motifs is 1. The lowest BCUT2D eigenvalue weighted by atomic mass is 9.84. The van der Waals surface area contributed by atoms with Gasteiger partial charge < -0.3 is 14.7 Å². The first-order valence-electron chi connectivity index (χ1n) is 10.2. The van der Waals surface area contributed by atoms with Crippen LogP contribution >= 0.6 is 0 Å². The zero-order valence-electron chi connectivity index (χ0n) is 16.9. The predicted molar refractivity (Wildman–Crippen MR) is 101 cm³/mol. The second-order valence-electron chi connectivity index (χ2n) is 7.64. The molecule has 2 fully saturated rings. The number of carbonyl (C=O) groups is 3. The van der Waals surface area contributed by atoms with E-state index in [1.54, 1.807) is 6.92 Å². The lowest BCUT2D eigenvalue weighted by Gasteiger charge is -2.37. The maximum absolute atomic E-state index is 13.3. The van der Waals surface area contributed by atoms with E-state index in [-0.39, 0.29) is 18.6 Å². The Bertz CT molecular complexity index is 598. The lowest BCUT2D eigenvalue weighted by Crippen LogP contribution is -2.55. The van der Waals surface area contributed by atoms with Crippen LogP contribution in [0, 0.1) is 10.8 Å². The van der Waals surface area contributed by atoms with E-state index < -0.39 is 36.0 Å². The van der Waals surface area contributed by atoms with Gasteiger partial charge in [-0.15, -0.1) is 4.91 Å². The van der Waals surface area contributed by atoms with Gasteiger partial charge in [-0.2, -0.15) is 0 Å². The van der Waals surface area contributed by atoms with Gasteiger partial charge in [-0.05, 0) is 45.4 Å². The number of rotatable bonds is 9. The fourth-order valence-corrected chi connectivity index (χ4v) is 4.59. The van der Waals surface area contributed by atoms with Crippen LogP contribution in [-0.2, 0) is 19.1 Å². The molecule has 2 aliphatic rings. The third-order valence-electron chi connectivity index (χ3n) is 5.92. The van der Waals surface area contributed by atoms with Crippen LogP contribution in [0.3, 0.4) is 0 Å². The van der Waals surface area contributed by atoms with Crippen LogP contribution in [0.15, 0.2) is 5.29 Å². The molecular formula is C19H31N3O6. The molecular weight excluding hydrogens is 366 g/mol. The zero-order valence-corrected chi connectivity index (χ0v) is 16.9. The number of carboxylic acids is 1. The summed E-state index contributed by atoms with van der Waals surface area (Å²) in [7, 11) is 0. The minimum absolute atomic E-state index is 0.134. The summed E-state index contributed by atoms with van der Waals surface area (Å²) in [6.45, 7) is 5.18. The van der Waals surface area contributed by atoms with Gasteiger partial charge in [-0.3, -0.25) is 4.79 Å². The molecule has 5 atom stereocenters. The number of hydrogen-bond acceptors (Lipinski definition) is 6. The summed E-state index contributed by atoms with van der Waals surface area (Å²) in [6.07, 6.45) is 5.00. The van der Waals surface area contributed by atoms with Crippen LogP contribution in [0.25, 0.3) is 0 Å². The number of amides is 1. The van der Waals surface area contributed by atoms with E-state index in [4.69, 9.17) is 4.74 Å². The second-order valence-corrected chi connectivity index (χ2v) is 7.64. The van der Waals surface area contributed by atoms with E-state index in [0.717, 1.165) is 30.7 Å². The number of nitroso groups, excluding NO2 is 1. The largest absolute Gasteiger partial charge is 0.480 e. The van der Waals surface area contributed by atoms with Gasteiger partial charge in [0.15, 0.2) is 0 Å². The van der Waals surface area contributed by atoms with Crippen LogP contribution in [-0.4, -0.2) is 63.6 Å². The van der Waals surface area contributed by atoms with Gasteiger partial charge in [-0.1, -0.05) is 26.2 Å². The van der Waals surface area contributed by atoms with E-state index in [9.17, 15) is 24.4 Å². The first-order valence-corrected chi connectivity index (χ1v) is 10.2. The third kappa shape index (κ3) is 4.44. The lowest BCUT2D eigenvalue weighted by molar-refractivity contribution is -0.157. The van der Waals surface area contributed by atoms with Gasteiger partial charge in [0.05, 0.1) is 11.9 Å². The normalized spacial score (nSPS) is 26.1. The van der Waals surface area contributed by atoms with Gasteiger partial charge in [-0.25, -0.2) is 14.6 Å². The number of aliphatic carboxylic acids is 1. The van der Waals surface area contributed by atoms with Crippen molar-refractivity contribution in [1.82, 2.24) is 9.91 Å². The average Bonchev–Trinajstić information content (AvgIpc) is 3.07. The summed E-state index contributed by atoms with van der Waals surface area (Å²) in [5.41, 5.74) is 0. The molecule has 0 radical (unpaired) electrons. The molecule has 0 aromatic carbocycles. The molecule has 0 bridgehead atoms. The van der Waals surface area contributed by atoms with E-state index in [1.807, 2.05) is 6.92 Å². The number of nitrogens with zero attached hydrogens (tertiary/aromatic N) is 3. The summed E-state index contributed by atoms with van der Waals surface area (Å²) in [6, 6.07) is -3.04. The monoisotopic (exact) mass is 397 g/mol. The predicted octanol–water partition coefficient (Wildman–Crippen LogP) is 2.33. The number of hydrogen-bond donors (Lipinski definition) is 1. The molecule has 1 saturated heterocycles. The Morgan fingerprint density at radius 1 is 1.25 bits per heavy atom. The molecule has 9 nitrogen and oxygen atoms in total. The van der Waals surface area contributed by atoms with Crippen molar-refractivity contribution in [3.8, 4) is 0 Å². The summed E-state index contributed by atoms with van der Waals surface area (Å²) in [4.78, 5) is 50.4. The first-order chi connectivity index (χ1) is 13.4. The highest BCUT2D eigenvalue weighted by molar-refractivity contribution is 5.88. The molecule has 0 aromatic rings. The highest BCUT2D eigenvalue weighted by Crippen LogP contribution is 2.40. The molecule has 0 unspecified atom stereocenters. The molecule has 0 aromatic heterocycles. The van der Waals surface area contributed by atoms with Crippen LogP contribution in [0.5, 0.6) is 0 Å². The Morgan fingerprint density at radius 2 is 1.93 bits per heavy atom. The number of ether oxygens (including phenoxy) is 1. The van der Waals surface area contributed by atoms with Crippen molar-refractivity contribution in [3.63, 3.8) is 0 Å². The van der Waals surface area contributed by atoms with E-state index in [1.165, 1.54) is 11.8 Å². The third-order valence-corrected chi connectivity index (χ3v) is 5.92.